The van der Waals surface area contributed by atoms with Crippen LogP contribution in [-0.4, -0.2) is 11.8 Å². The zero-order chi connectivity index (χ0) is 24.8. The summed E-state index contributed by atoms with van der Waals surface area (Å²) in [7, 11) is 0. The highest BCUT2D eigenvalue weighted by Crippen LogP contribution is 2.37. The molecule has 176 valence electrons. The van der Waals surface area contributed by atoms with Crippen molar-refractivity contribution >= 4 is 46.6 Å². The van der Waals surface area contributed by atoms with E-state index in [0.717, 1.165) is 16.0 Å². The van der Waals surface area contributed by atoms with Crippen LogP contribution in [0.5, 0.6) is 0 Å². The van der Waals surface area contributed by atoms with Crippen LogP contribution >= 0.6 is 23.4 Å². The van der Waals surface area contributed by atoms with Gasteiger partial charge in [-0.15, -0.1) is 11.8 Å². The number of nitrogens with one attached hydrogen (secondary N) is 2. The highest BCUT2D eigenvalue weighted by Gasteiger charge is 2.23. The Bertz CT molecular complexity index is 1330. The molecule has 0 aliphatic heterocycles. The summed E-state index contributed by atoms with van der Waals surface area (Å²) in [5.41, 5.74) is 3.30. The van der Waals surface area contributed by atoms with Crippen LogP contribution in [0.4, 0.5) is 15.8 Å². The van der Waals surface area contributed by atoms with E-state index in [-0.39, 0.29) is 11.8 Å². The second-order valence-corrected chi connectivity index (χ2v) is 9.38. The Morgan fingerprint density at radius 3 is 2.20 bits per heavy atom. The second kappa shape index (κ2) is 11.2. The van der Waals surface area contributed by atoms with Crippen molar-refractivity contribution in [1.29, 1.82) is 0 Å². The first-order valence-corrected chi connectivity index (χ1v) is 12.1. The van der Waals surface area contributed by atoms with Gasteiger partial charge in [-0.25, -0.2) is 4.39 Å². The zero-order valence-electron chi connectivity index (χ0n) is 18.8. The molecule has 4 rings (SSSR count). The Morgan fingerprint density at radius 1 is 0.829 bits per heavy atom. The number of benzene rings is 4. The standard InChI is InChI=1S/C28H22ClFN2O2S/c1-18-24(29)8-5-9-25(18)32-28(34)26(19-6-3-2-4-7-19)35-23-16-14-22(15-17-23)31-27(33)20-10-12-21(30)13-11-20/h2-17,26H,1H3,(H,31,33)(H,32,34). The van der Waals surface area contributed by atoms with Gasteiger partial charge in [-0.1, -0.05) is 48.0 Å². The van der Waals surface area contributed by atoms with Gasteiger partial charge in [0.1, 0.15) is 11.1 Å². The molecule has 0 bridgehead atoms. The minimum Gasteiger partial charge on any atom is -0.325 e. The Hall–Kier alpha value is -3.61. The molecule has 0 saturated heterocycles. The van der Waals surface area contributed by atoms with Gasteiger partial charge in [0.2, 0.25) is 5.91 Å². The fourth-order valence-electron chi connectivity index (χ4n) is 3.40. The molecule has 4 nitrogen and oxygen atoms in total. The predicted octanol–water partition coefficient (Wildman–Crippen LogP) is 7.51. The lowest BCUT2D eigenvalue weighted by Crippen LogP contribution is -2.19. The van der Waals surface area contributed by atoms with Gasteiger partial charge in [-0.3, -0.25) is 9.59 Å². The van der Waals surface area contributed by atoms with E-state index in [1.54, 1.807) is 24.3 Å². The molecule has 7 heteroatoms. The molecule has 0 spiro atoms. The lowest BCUT2D eigenvalue weighted by Gasteiger charge is -2.18. The molecular formula is C28H22ClFN2O2S. The van der Waals surface area contributed by atoms with E-state index < -0.39 is 11.1 Å². The maximum atomic E-state index is 13.3. The quantitative estimate of drug-likeness (QED) is 0.256. The summed E-state index contributed by atoms with van der Waals surface area (Å²) in [6.07, 6.45) is 0. The Morgan fingerprint density at radius 2 is 1.51 bits per heavy atom. The lowest BCUT2D eigenvalue weighted by atomic mass is 10.1. The monoisotopic (exact) mass is 504 g/mol. The number of hydrogen-bond acceptors (Lipinski definition) is 3. The van der Waals surface area contributed by atoms with Gasteiger partial charge in [0.25, 0.3) is 5.91 Å². The minimum absolute atomic E-state index is 0.166. The number of amides is 2. The third-order valence-corrected chi connectivity index (χ3v) is 7.01. The van der Waals surface area contributed by atoms with E-state index >= 15 is 0 Å². The Balaban J connectivity index is 1.50. The van der Waals surface area contributed by atoms with Crippen LogP contribution in [0.25, 0.3) is 0 Å². The number of carbonyl (C=O) groups excluding carboxylic acids is 2. The Labute approximate surface area is 212 Å². The van der Waals surface area contributed by atoms with Gasteiger partial charge in [0.05, 0.1) is 0 Å². The molecule has 2 N–H and O–H groups in total. The van der Waals surface area contributed by atoms with E-state index in [1.165, 1.54) is 36.0 Å². The fraction of sp³-hybridized carbons (Fsp3) is 0.0714. The molecule has 0 saturated carbocycles. The minimum atomic E-state index is -0.505. The highest BCUT2D eigenvalue weighted by molar-refractivity contribution is 8.00. The number of anilines is 2. The van der Waals surface area contributed by atoms with Crippen molar-refractivity contribution in [1.82, 2.24) is 0 Å². The molecule has 2 amide bonds. The van der Waals surface area contributed by atoms with Crippen molar-refractivity contribution in [2.24, 2.45) is 0 Å². The van der Waals surface area contributed by atoms with Gasteiger partial charge in [-0.2, -0.15) is 0 Å². The number of hydrogen-bond donors (Lipinski definition) is 2. The third kappa shape index (κ3) is 6.29. The molecule has 35 heavy (non-hydrogen) atoms. The van der Waals surface area contributed by atoms with E-state index in [4.69, 9.17) is 11.6 Å². The summed E-state index contributed by atoms with van der Waals surface area (Å²) in [5, 5.41) is 5.88. The van der Waals surface area contributed by atoms with Gasteiger partial charge in [0, 0.05) is 26.9 Å². The number of rotatable bonds is 7. The summed E-state index contributed by atoms with van der Waals surface area (Å²) >= 11 is 7.62. The first-order chi connectivity index (χ1) is 16.9. The SMILES string of the molecule is Cc1c(Cl)cccc1NC(=O)C(Sc1ccc(NC(=O)c2ccc(F)cc2)cc1)c1ccccc1. The largest absolute Gasteiger partial charge is 0.325 e. The average molecular weight is 505 g/mol. The number of carbonyl (C=O) groups is 2. The lowest BCUT2D eigenvalue weighted by molar-refractivity contribution is -0.115. The van der Waals surface area contributed by atoms with Crippen LogP contribution in [-0.2, 0) is 4.79 Å². The molecule has 0 radical (unpaired) electrons. The molecule has 0 heterocycles. The van der Waals surface area contributed by atoms with Gasteiger partial charge < -0.3 is 10.6 Å². The molecule has 0 fully saturated rings. The average Bonchev–Trinajstić information content (AvgIpc) is 2.87. The van der Waals surface area contributed by atoms with Gasteiger partial charge in [-0.05, 0) is 78.7 Å². The molecule has 0 aromatic heterocycles. The van der Waals surface area contributed by atoms with Crippen molar-refractivity contribution in [3.05, 3.63) is 125 Å². The molecule has 1 atom stereocenters. The van der Waals surface area contributed by atoms with Crippen molar-refractivity contribution < 1.29 is 14.0 Å². The summed E-state index contributed by atoms with van der Waals surface area (Å²) < 4.78 is 13.1. The fourth-order valence-corrected chi connectivity index (χ4v) is 4.60. The van der Waals surface area contributed by atoms with E-state index in [0.29, 0.717) is 22.0 Å². The maximum Gasteiger partial charge on any atom is 0.255 e. The van der Waals surface area contributed by atoms with Crippen molar-refractivity contribution in [3.63, 3.8) is 0 Å². The van der Waals surface area contributed by atoms with Crippen LogP contribution in [0.2, 0.25) is 5.02 Å². The Kier molecular flexibility index (Phi) is 7.85. The van der Waals surface area contributed by atoms with Gasteiger partial charge >= 0.3 is 0 Å². The van der Waals surface area contributed by atoms with Crippen LogP contribution < -0.4 is 10.6 Å². The first-order valence-electron chi connectivity index (χ1n) is 10.9. The first kappa shape index (κ1) is 24.5. The smallest absolute Gasteiger partial charge is 0.255 e. The normalized spacial score (nSPS) is 11.5. The van der Waals surface area contributed by atoms with E-state index in [1.807, 2.05) is 55.5 Å². The van der Waals surface area contributed by atoms with E-state index in [2.05, 4.69) is 10.6 Å². The molecule has 0 aliphatic rings. The van der Waals surface area contributed by atoms with Crippen LogP contribution in [0.1, 0.15) is 26.7 Å². The summed E-state index contributed by atoms with van der Waals surface area (Å²) in [6, 6.07) is 27.5. The highest BCUT2D eigenvalue weighted by atomic mass is 35.5. The van der Waals surface area contributed by atoms with Crippen LogP contribution in [0.15, 0.2) is 102 Å². The molecule has 0 aliphatic carbocycles. The van der Waals surface area contributed by atoms with Crippen molar-refractivity contribution in [2.45, 2.75) is 17.1 Å². The topological polar surface area (TPSA) is 58.2 Å². The summed E-state index contributed by atoms with van der Waals surface area (Å²) in [6.45, 7) is 1.86. The molecular weight excluding hydrogens is 483 g/mol. The summed E-state index contributed by atoms with van der Waals surface area (Å²) in [4.78, 5) is 26.6. The second-order valence-electron chi connectivity index (χ2n) is 7.80. The predicted molar refractivity (Wildman–Crippen MR) is 141 cm³/mol. The number of halogens is 2. The molecule has 4 aromatic rings. The molecule has 1 unspecified atom stereocenters. The van der Waals surface area contributed by atoms with Crippen molar-refractivity contribution in [2.75, 3.05) is 10.6 Å². The van der Waals surface area contributed by atoms with Crippen LogP contribution in [0, 0.1) is 12.7 Å². The maximum absolute atomic E-state index is 13.3. The van der Waals surface area contributed by atoms with Gasteiger partial charge in [0.15, 0.2) is 0 Å². The third-order valence-electron chi connectivity index (χ3n) is 5.34. The van der Waals surface area contributed by atoms with Crippen LogP contribution in [0.3, 0.4) is 0 Å². The number of thioether (sulfide) groups is 1. The molecule has 4 aromatic carbocycles. The zero-order valence-corrected chi connectivity index (χ0v) is 20.4. The van der Waals surface area contributed by atoms with Crippen molar-refractivity contribution in [3.8, 4) is 0 Å². The van der Waals surface area contributed by atoms with E-state index in [9.17, 15) is 14.0 Å². The summed E-state index contributed by atoms with van der Waals surface area (Å²) in [5.74, 6) is -0.894.